The van der Waals surface area contributed by atoms with Gasteiger partial charge in [-0.05, 0) is 42.5 Å². The lowest BCUT2D eigenvalue weighted by Gasteiger charge is -2.25. The first-order valence-electron chi connectivity index (χ1n) is 5.91. The Morgan fingerprint density at radius 2 is 2.00 bits per heavy atom. The maximum absolute atomic E-state index is 12.4. The molecule has 0 radical (unpaired) electrons. The molecule has 1 aliphatic rings. The van der Waals surface area contributed by atoms with Crippen molar-refractivity contribution >= 4 is 10.1 Å². The van der Waals surface area contributed by atoms with Crippen molar-refractivity contribution in [1.29, 1.82) is 0 Å². The Morgan fingerprint density at radius 1 is 1.30 bits per heavy atom. The molecule has 1 aromatic carbocycles. The molecule has 0 spiro atoms. The van der Waals surface area contributed by atoms with Crippen LogP contribution in [0.3, 0.4) is 0 Å². The molecule has 112 valence electrons. The summed E-state index contributed by atoms with van der Waals surface area (Å²) in [6.07, 6.45) is 0.335. The summed E-state index contributed by atoms with van der Waals surface area (Å²) in [5.41, 5.74) is -4.19. The maximum Gasteiger partial charge on any atom is 0.523 e. The molecule has 0 fully saturated rings. The van der Waals surface area contributed by atoms with E-state index in [1.54, 1.807) is 18.2 Å². The number of fused-ring (bicyclic) bond motifs is 1. The van der Waals surface area contributed by atoms with Crippen molar-refractivity contribution in [2.75, 3.05) is 7.11 Å². The summed E-state index contributed by atoms with van der Waals surface area (Å²) in [7, 11) is -4.11. The van der Waals surface area contributed by atoms with Crippen LogP contribution in [-0.4, -0.2) is 21.0 Å². The second kappa shape index (κ2) is 5.25. The highest BCUT2D eigenvalue weighted by atomic mass is 32.2. The van der Waals surface area contributed by atoms with E-state index in [4.69, 9.17) is 4.74 Å². The second-order valence-corrected chi connectivity index (χ2v) is 6.01. The maximum atomic E-state index is 12.4. The molecule has 1 atom stereocenters. The fraction of sp³-hybridized carbons (Fsp3) is 0.500. The van der Waals surface area contributed by atoms with Gasteiger partial charge >= 0.3 is 15.6 Å². The highest BCUT2D eigenvalue weighted by Crippen LogP contribution is 2.38. The van der Waals surface area contributed by atoms with Crippen molar-refractivity contribution in [3.8, 4) is 5.75 Å². The van der Waals surface area contributed by atoms with Crippen molar-refractivity contribution < 1.29 is 30.5 Å². The zero-order valence-corrected chi connectivity index (χ0v) is 11.4. The van der Waals surface area contributed by atoms with Gasteiger partial charge in [-0.2, -0.15) is 21.6 Å². The van der Waals surface area contributed by atoms with Gasteiger partial charge in [0, 0.05) is 0 Å². The lowest BCUT2D eigenvalue weighted by Crippen LogP contribution is -2.28. The van der Waals surface area contributed by atoms with Crippen LogP contribution in [0.2, 0.25) is 0 Å². The summed E-state index contributed by atoms with van der Waals surface area (Å²) in [6, 6.07) is 4.80. The zero-order chi connectivity index (χ0) is 15.0. The number of halogens is 3. The molecule has 0 aromatic heterocycles. The fourth-order valence-electron chi connectivity index (χ4n) is 2.18. The van der Waals surface area contributed by atoms with Crippen LogP contribution in [0.25, 0.3) is 0 Å². The molecule has 0 aliphatic heterocycles. The molecule has 0 heterocycles. The van der Waals surface area contributed by atoms with E-state index in [1.807, 2.05) is 0 Å². The minimum atomic E-state index is -5.59. The van der Waals surface area contributed by atoms with E-state index in [0.29, 0.717) is 24.2 Å². The van der Waals surface area contributed by atoms with Crippen molar-refractivity contribution in [1.82, 2.24) is 0 Å². The monoisotopic (exact) mass is 310 g/mol. The van der Waals surface area contributed by atoms with E-state index in [2.05, 4.69) is 4.18 Å². The third kappa shape index (κ3) is 2.90. The topological polar surface area (TPSA) is 52.6 Å². The summed E-state index contributed by atoms with van der Waals surface area (Å²) in [5, 5.41) is 0. The average Bonchev–Trinajstić information content (AvgIpc) is 2.36. The Morgan fingerprint density at radius 3 is 2.60 bits per heavy atom. The van der Waals surface area contributed by atoms with Gasteiger partial charge in [-0.1, -0.05) is 6.07 Å². The lowest BCUT2D eigenvalue weighted by molar-refractivity contribution is -0.0580. The lowest BCUT2D eigenvalue weighted by atomic mass is 9.89. The van der Waals surface area contributed by atoms with Gasteiger partial charge in [0.05, 0.1) is 7.11 Å². The van der Waals surface area contributed by atoms with Crippen molar-refractivity contribution in [2.24, 2.45) is 0 Å². The van der Waals surface area contributed by atoms with E-state index in [9.17, 15) is 21.6 Å². The van der Waals surface area contributed by atoms with E-state index in [-0.39, 0.29) is 6.42 Å². The predicted octanol–water partition coefficient (Wildman–Crippen LogP) is 2.94. The normalized spacial score (nSPS) is 19.5. The Kier molecular flexibility index (Phi) is 3.97. The van der Waals surface area contributed by atoms with Crippen LogP contribution in [0.15, 0.2) is 18.2 Å². The van der Waals surface area contributed by atoms with Gasteiger partial charge in [-0.15, -0.1) is 0 Å². The minimum absolute atomic E-state index is 0.231. The third-order valence-corrected chi connectivity index (χ3v) is 4.19. The smallest absolute Gasteiger partial charge is 0.497 e. The second-order valence-electron chi connectivity index (χ2n) is 4.44. The first-order valence-corrected chi connectivity index (χ1v) is 7.32. The van der Waals surface area contributed by atoms with Crippen LogP contribution < -0.4 is 4.74 Å². The fourth-order valence-corrected chi connectivity index (χ4v) is 2.80. The molecular weight excluding hydrogens is 297 g/mol. The molecule has 8 heteroatoms. The SMILES string of the molecule is COc1ccc2c(c1)CCCC2OS(=O)(=O)C(F)(F)F. The molecule has 1 aromatic rings. The van der Waals surface area contributed by atoms with Gasteiger partial charge < -0.3 is 4.74 Å². The Labute approximate surface area is 114 Å². The number of ether oxygens (including phenoxy) is 1. The number of methoxy groups -OCH3 is 1. The van der Waals surface area contributed by atoms with Gasteiger partial charge in [0.15, 0.2) is 0 Å². The molecule has 0 bridgehead atoms. The number of hydrogen-bond donors (Lipinski definition) is 0. The van der Waals surface area contributed by atoms with Crippen LogP contribution in [-0.2, 0) is 20.7 Å². The molecule has 0 saturated heterocycles. The van der Waals surface area contributed by atoms with Crippen LogP contribution in [0.4, 0.5) is 13.2 Å². The molecule has 0 saturated carbocycles. The first kappa shape index (κ1) is 15.1. The number of aryl methyl sites for hydroxylation is 1. The van der Waals surface area contributed by atoms with Crippen LogP contribution >= 0.6 is 0 Å². The van der Waals surface area contributed by atoms with Crippen molar-refractivity contribution in [2.45, 2.75) is 30.9 Å². The minimum Gasteiger partial charge on any atom is -0.497 e. The van der Waals surface area contributed by atoms with Crippen molar-refractivity contribution in [3.05, 3.63) is 29.3 Å². The number of benzene rings is 1. The summed E-state index contributed by atoms with van der Waals surface area (Å²) < 4.78 is 68.6. The standard InChI is InChI=1S/C12H13F3O4S/c1-18-9-5-6-10-8(7-9)3-2-4-11(10)19-20(16,17)12(13,14)15/h5-7,11H,2-4H2,1H3. The van der Waals surface area contributed by atoms with E-state index in [1.165, 1.54) is 7.11 Å². The van der Waals surface area contributed by atoms with E-state index < -0.39 is 21.7 Å². The molecule has 1 unspecified atom stereocenters. The van der Waals surface area contributed by atoms with Crippen LogP contribution in [0.1, 0.15) is 30.1 Å². The largest absolute Gasteiger partial charge is 0.523 e. The Balaban J connectivity index is 2.30. The number of hydrogen-bond acceptors (Lipinski definition) is 4. The average molecular weight is 310 g/mol. The van der Waals surface area contributed by atoms with Gasteiger partial charge in [0.25, 0.3) is 0 Å². The summed E-state index contributed by atoms with van der Waals surface area (Å²) in [5.74, 6) is 0.572. The Bertz CT molecular complexity index is 595. The highest BCUT2D eigenvalue weighted by molar-refractivity contribution is 7.87. The van der Waals surface area contributed by atoms with Gasteiger partial charge in [0.1, 0.15) is 11.9 Å². The number of alkyl halides is 3. The summed E-state index contributed by atoms with van der Waals surface area (Å²) in [4.78, 5) is 0. The first-order chi connectivity index (χ1) is 9.24. The highest BCUT2D eigenvalue weighted by Gasteiger charge is 2.49. The molecule has 4 nitrogen and oxygen atoms in total. The van der Waals surface area contributed by atoms with Crippen LogP contribution in [0, 0.1) is 0 Å². The van der Waals surface area contributed by atoms with Gasteiger partial charge in [-0.25, -0.2) is 0 Å². The molecule has 0 amide bonds. The molecular formula is C12H13F3O4S. The molecule has 1 aliphatic carbocycles. The quantitative estimate of drug-likeness (QED) is 0.636. The Hall–Kier alpha value is -1.28. The predicted molar refractivity (Wildman–Crippen MR) is 64.7 cm³/mol. The third-order valence-electron chi connectivity index (χ3n) is 3.14. The molecule has 2 rings (SSSR count). The molecule has 20 heavy (non-hydrogen) atoms. The summed E-state index contributed by atoms with van der Waals surface area (Å²) >= 11 is 0. The van der Waals surface area contributed by atoms with Crippen molar-refractivity contribution in [3.63, 3.8) is 0 Å². The summed E-state index contributed by atoms with van der Waals surface area (Å²) in [6.45, 7) is 0. The molecule has 0 N–H and O–H groups in total. The van der Waals surface area contributed by atoms with Gasteiger partial charge in [0.2, 0.25) is 0 Å². The van der Waals surface area contributed by atoms with E-state index in [0.717, 1.165) is 5.56 Å². The van der Waals surface area contributed by atoms with Gasteiger partial charge in [-0.3, -0.25) is 4.18 Å². The van der Waals surface area contributed by atoms with E-state index >= 15 is 0 Å². The van der Waals surface area contributed by atoms with Crippen LogP contribution in [0.5, 0.6) is 5.75 Å². The zero-order valence-electron chi connectivity index (χ0n) is 10.6. The number of rotatable bonds is 3.